The lowest BCUT2D eigenvalue weighted by Crippen LogP contribution is -2.06. The number of carbonyl (C=O) groups excluding carboxylic acids is 1. The zero-order valence-electron chi connectivity index (χ0n) is 7.87. The van der Waals surface area contributed by atoms with Gasteiger partial charge in [0.05, 0.1) is 25.6 Å². The van der Waals surface area contributed by atoms with Gasteiger partial charge >= 0.3 is 5.97 Å². The Hall–Kier alpha value is -0.990. The summed E-state index contributed by atoms with van der Waals surface area (Å²) < 4.78 is 9.63. The quantitative estimate of drug-likeness (QED) is 0.361. The van der Waals surface area contributed by atoms with Gasteiger partial charge in [-0.2, -0.15) is 0 Å². The summed E-state index contributed by atoms with van der Waals surface area (Å²) in [5.41, 5.74) is 0. The van der Waals surface area contributed by atoms with Crippen molar-refractivity contribution in [2.45, 2.75) is 32.8 Å². The number of esters is 1. The van der Waals surface area contributed by atoms with Crippen LogP contribution in [0.1, 0.15) is 26.7 Å². The zero-order chi connectivity index (χ0) is 9.40. The minimum atomic E-state index is -0.388. The summed E-state index contributed by atoms with van der Waals surface area (Å²) in [5, 5.41) is 0. The Morgan fingerprint density at radius 1 is 1.42 bits per heavy atom. The van der Waals surface area contributed by atoms with Gasteiger partial charge in [0, 0.05) is 0 Å². The van der Waals surface area contributed by atoms with E-state index < -0.39 is 0 Å². The zero-order valence-corrected chi connectivity index (χ0v) is 7.87. The van der Waals surface area contributed by atoms with Crippen molar-refractivity contribution in [3.63, 3.8) is 0 Å². The summed E-state index contributed by atoms with van der Waals surface area (Å²) in [7, 11) is 1.34. The van der Waals surface area contributed by atoms with Gasteiger partial charge in [-0.3, -0.25) is 0 Å². The molecule has 0 atom stereocenters. The molecule has 0 aromatic carbocycles. The largest absolute Gasteiger partial charge is 0.498 e. The third-order valence-electron chi connectivity index (χ3n) is 1.59. The highest BCUT2D eigenvalue weighted by Gasteiger charge is 2.00. The molecule has 0 radical (unpaired) electrons. The van der Waals surface area contributed by atoms with Crippen LogP contribution in [-0.4, -0.2) is 19.2 Å². The van der Waals surface area contributed by atoms with Crippen LogP contribution >= 0.6 is 0 Å². The maximum absolute atomic E-state index is 10.6. The van der Waals surface area contributed by atoms with Gasteiger partial charge < -0.3 is 9.47 Å². The average Bonchev–Trinajstić information content (AvgIpc) is 2.12. The molecule has 0 aromatic heterocycles. The Bertz CT molecular complexity index is 148. The maximum atomic E-state index is 10.6. The van der Waals surface area contributed by atoms with Crippen LogP contribution in [0.3, 0.4) is 0 Å². The van der Waals surface area contributed by atoms with Crippen LogP contribution in [0.15, 0.2) is 12.3 Å². The molecule has 0 fully saturated rings. The highest BCUT2D eigenvalue weighted by Crippen LogP contribution is 2.02. The molecule has 0 saturated heterocycles. The van der Waals surface area contributed by atoms with Crippen LogP contribution in [0.5, 0.6) is 0 Å². The van der Waals surface area contributed by atoms with Crippen molar-refractivity contribution in [2.24, 2.45) is 0 Å². The fourth-order valence-electron chi connectivity index (χ4n) is 0.755. The first-order chi connectivity index (χ1) is 5.74. The molecule has 0 amide bonds. The number of hydrogen-bond donors (Lipinski definition) is 0. The lowest BCUT2D eigenvalue weighted by atomic mass is 10.2. The molecule has 0 aromatic rings. The molecule has 0 aliphatic rings. The van der Waals surface area contributed by atoms with Crippen molar-refractivity contribution in [3.05, 3.63) is 12.3 Å². The first kappa shape index (κ1) is 11.0. The first-order valence-corrected chi connectivity index (χ1v) is 4.14. The van der Waals surface area contributed by atoms with Crippen LogP contribution in [0, 0.1) is 0 Å². The van der Waals surface area contributed by atoms with Crippen molar-refractivity contribution in [3.8, 4) is 0 Å². The van der Waals surface area contributed by atoms with E-state index in [2.05, 4.69) is 4.74 Å². The molecule has 12 heavy (non-hydrogen) atoms. The van der Waals surface area contributed by atoms with E-state index >= 15 is 0 Å². The standard InChI is InChI=1S/C9H16O3/c1-4-8(5-2)12-7-6-9(10)11-3/h6-8H,4-5H2,1-3H3/b7-6+. The Morgan fingerprint density at radius 3 is 2.42 bits per heavy atom. The Labute approximate surface area is 73.4 Å². The highest BCUT2D eigenvalue weighted by molar-refractivity contribution is 5.81. The normalized spacial score (nSPS) is 10.7. The third-order valence-corrected chi connectivity index (χ3v) is 1.59. The van der Waals surface area contributed by atoms with E-state index in [0.29, 0.717) is 0 Å². The second-order valence-electron chi connectivity index (χ2n) is 2.40. The van der Waals surface area contributed by atoms with Crippen LogP contribution in [-0.2, 0) is 14.3 Å². The van der Waals surface area contributed by atoms with Crippen LogP contribution in [0.25, 0.3) is 0 Å². The summed E-state index contributed by atoms with van der Waals surface area (Å²) in [6, 6.07) is 0. The van der Waals surface area contributed by atoms with Crippen molar-refractivity contribution >= 4 is 5.97 Å². The van der Waals surface area contributed by atoms with Gasteiger partial charge in [-0.15, -0.1) is 0 Å². The third kappa shape index (κ3) is 4.77. The van der Waals surface area contributed by atoms with Gasteiger partial charge in [-0.05, 0) is 12.8 Å². The summed E-state index contributed by atoms with van der Waals surface area (Å²) >= 11 is 0. The fraction of sp³-hybridized carbons (Fsp3) is 0.667. The summed E-state index contributed by atoms with van der Waals surface area (Å²) in [6.07, 6.45) is 4.76. The van der Waals surface area contributed by atoms with Crippen LogP contribution < -0.4 is 0 Å². The molecule has 0 N–H and O–H groups in total. The van der Waals surface area contributed by atoms with E-state index in [9.17, 15) is 4.79 Å². The number of methoxy groups -OCH3 is 1. The SMILES string of the molecule is CCC(CC)O/C=C/C(=O)OC. The van der Waals surface area contributed by atoms with E-state index in [0.717, 1.165) is 12.8 Å². The molecule has 70 valence electrons. The van der Waals surface area contributed by atoms with Crippen molar-refractivity contribution in [2.75, 3.05) is 7.11 Å². The number of rotatable bonds is 5. The first-order valence-electron chi connectivity index (χ1n) is 4.14. The fourth-order valence-corrected chi connectivity index (χ4v) is 0.755. The molecular formula is C9H16O3. The Morgan fingerprint density at radius 2 is 2.00 bits per heavy atom. The lowest BCUT2D eigenvalue weighted by molar-refractivity contribution is -0.135. The molecule has 0 aliphatic carbocycles. The minimum absolute atomic E-state index is 0.200. The smallest absolute Gasteiger partial charge is 0.333 e. The van der Waals surface area contributed by atoms with Gasteiger partial charge in [0.2, 0.25) is 0 Å². The summed E-state index contributed by atoms with van der Waals surface area (Å²) in [6.45, 7) is 4.08. The number of hydrogen-bond acceptors (Lipinski definition) is 3. The minimum Gasteiger partial charge on any atom is -0.498 e. The number of carbonyl (C=O) groups is 1. The molecule has 0 spiro atoms. The van der Waals surface area contributed by atoms with Gasteiger partial charge in [0.1, 0.15) is 0 Å². The van der Waals surface area contributed by atoms with E-state index in [4.69, 9.17) is 4.74 Å². The number of ether oxygens (including phenoxy) is 2. The van der Waals surface area contributed by atoms with E-state index in [1.54, 1.807) is 0 Å². The van der Waals surface area contributed by atoms with Gasteiger partial charge in [-0.1, -0.05) is 13.8 Å². The predicted octanol–water partition coefficient (Wildman–Crippen LogP) is 1.88. The highest BCUT2D eigenvalue weighted by atomic mass is 16.5. The summed E-state index contributed by atoms with van der Waals surface area (Å²) in [5.74, 6) is -0.388. The van der Waals surface area contributed by atoms with E-state index in [1.807, 2.05) is 13.8 Å². The van der Waals surface area contributed by atoms with Crippen molar-refractivity contribution in [1.82, 2.24) is 0 Å². The molecule has 0 aliphatic heterocycles. The lowest BCUT2D eigenvalue weighted by Gasteiger charge is -2.10. The van der Waals surface area contributed by atoms with Gasteiger partial charge in [0.15, 0.2) is 0 Å². The molecule has 0 saturated carbocycles. The molecular weight excluding hydrogens is 156 g/mol. The average molecular weight is 172 g/mol. The second-order valence-corrected chi connectivity index (χ2v) is 2.40. The van der Waals surface area contributed by atoms with E-state index in [1.165, 1.54) is 19.4 Å². The Kier molecular flexibility index (Phi) is 6.15. The van der Waals surface area contributed by atoms with Crippen LogP contribution in [0.2, 0.25) is 0 Å². The monoisotopic (exact) mass is 172 g/mol. The van der Waals surface area contributed by atoms with Gasteiger partial charge in [-0.25, -0.2) is 4.79 Å². The van der Waals surface area contributed by atoms with Crippen molar-refractivity contribution in [1.29, 1.82) is 0 Å². The molecule has 0 unspecified atom stereocenters. The van der Waals surface area contributed by atoms with Gasteiger partial charge in [0.25, 0.3) is 0 Å². The Balaban J connectivity index is 3.64. The second kappa shape index (κ2) is 6.70. The molecule has 3 nitrogen and oxygen atoms in total. The van der Waals surface area contributed by atoms with E-state index in [-0.39, 0.29) is 12.1 Å². The van der Waals surface area contributed by atoms with Crippen molar-refractivity contribution < 1.29 is 14.3 Å². The van der Waals surface area contributed by atoms with Crippen LogP contribution in [0.4, 0.5) is 0 Å². The molecule has 3 heteroatoms. The topological polar surface area (TPSA) is 35.5 Å². The predicted molar refractivity (Wildman–Crippen MR) is 46.6 cm³/mol. The molecule has 0 rings (SSSR count). The maximum Gasteiger partial charge on any atom is 0.333 e. The molecule has 0 bridgehead atoms. The molecule has 0 heterocycles. The summed E-state index contributed by atoms with van der Waals surface area (Å²) in [4.78, 5) is 10.6.